The van der Waals surface area contributed by atoms with Crippen LogP contribution >= 0.6 is 11.6 Å². The van der Waals surface area contributed by atoms with Gasteiger partial charge in [0.05, 0.1) is 5.41 Å². The van der Waals surface area contributed by atoms with E-state index in [1.165, 1.54) is 0 Å². The first kappa shape index (κ1) is 16.1. The van der Waals surface area contributed by atoms with Gasteiger partial charge >= 0.3 is 5.97 Å². The molecule has 1 saturated heterocycles. The Balaban J connectivity index is 1.93. The van der Waals surface area contributed by atoms with Crippen molar-refractivity contribution in [2.45, 2.75) is 20.3 Å². The monoisotopic (exact) mass is 310 g/mol. The minimum atomic E-state index is -0.706. The van der Waals surface area contributed by atoms with E-state index >= 15 is 0 Å². The second-order valence-electron chi connectivity index (χ2n) is 5.96. The molecule has 2 rings (SSSR count). The zero-order valence-electron chi connectivity index (χ0n) is 12.7. The Morgan fingerprint density at radius 2 is 2.00 bits per heavy atom. The van der Waals surface area contributed by atoms with Crippen LogP contribution in [-0.2, 0) is 4.79 Å². The number of halogens is 1. The van der Waals surface area contributed by atoms with Crippen molar-refractivity contribution in [1.82, 2.24) is 4.90 Å². The first-order valence-electron chi connectivity index (χ1n) is 7.41. The van der Waals surface area contributed by atoms with Crippen molar-refractivity contribution in [2.75, 3.05) is 37.6 Å². The lowest BCUT2D eigenvalue weighted by Crippen LogP contribution is -2.51. The first-order valence-corrected chi connectivity index (χ1v) is 7.79. The lowest BCUT2D eigenvalue weighted by molar-refractivity contribution is -0.149. The standard InChI is InChI=1S/C16H23ClN2O2/c1-3-16(2,15(20)21)12-18-7-9-19(10-8-18)14-6-4-5-13(17)11-14/h4-6,11H,3,7-10,12H2,1-2H3,(H,20,21). The molecule has 0 bridgehead atoms. The molecule has 21 heavy (non-hydrogen) atoms. The molecule has 0 aromatic heterocycles. The molecule has 0 radical (unpaired) electrons. The first-order chi connectivity index (χ1) is 9.94. The van der Waals surface area contributed by atoms with E-state index in [1.54, 1.807) is 0 Å². The van der Waals surface area contributed by atoms with Crippen LogP contribution in [0.25, 0.3) is 0 Å². The lowest BCUT2D eigenvalue weighted by Gasteiger charge is -2.39. The van der Waals surface area contributed by atoms with E-state index in [2.05, 4.69) is 15.9 Å². The maximum atomic E-state index is 11.4. The third kappa shape index (κ3) is 3.89. The molecule has 0 saturated carbocycles. The molecule has 4 nitrogen and oxygen atoms in total. The van der Waals surface area contributed by atoms with Crippen molar-refractivity contribution in [3.8, 4) is 0 Å². The smallest absolute Gasteiger partial charge is 0.310 e. The van der Waals surface area contributed by atoms with Crippen LogP contribution in [0.15, 0.2) is 24.3 Å². The number of anilines is 1. The third-order valence-electron chi connectivity index (χ3n) is 4.41. The molecule has 116 valence electrons. The molecule has 5 heteroatoms. The van der Waals surface area contributed by atoms with E-state index in [4.69, 9.17) is 11.6 Å². The summed E-state index contributed by atoms with van der Waals surface area (Å²) in [5, 5.41) is 10.1. The second-order valence-corrected chi connectivity index (χ2v) is 6.40. The van der Waals surface area contributed by atoms with E-state index in [0.29, 0.717) is 13.0 Å². The molecule has 1 heterocycles. The van der Waals surface area contributed by atoms with Crippen LogP contribution in [0.3, 0.4) is 0 Å². The number of carbonyl (C=O) groups is 1. The Kier molecular flexibility index (Phi) is 5.12. The van der Waals surface area contributed by atoms with Crippen molar-refractivity contribution < 1.29 is 9.90 Å². The van der Waals surface area contributed by atoms with E-state index in [-0.39, 0.29) is 0 Å². The third-order valence-corrected chi connectivity index (χ3v) is 4.65. The van der Waals surface area contributed by atoms with Crippen LogP contribution in [0.1, 0.15) is 20.3 Å². The number of benzene rings is 1. The summed E-state index contributed by atoms with van der Waals surface area (Å²) in [4.78, 5) is 15.9. The highest BCUT2D eigenvalue weighted by Gasteiger charge is 2.34. The summed E-state index contributed by atoms with van der Waals surface area (Å²) in [5.41, 5.74) is 0.483. The molecule has 1 N–H and O–H groups in total. The average Bonchev–Trinajstić information content (AvgIpc) is 2.47. The fourth-order valence-electron chi connectivity index (χ4n) is 2.66. The SMILES string of the molecule is CCC(C)(CN1CCN(c2cccc(Cl)c2)CC1)C(=O)O. The van der Waals surface area contributed by atoms with Crippen molar-refractivity contribution >= 4 is 23.3 Å². The van der Waals surface area contributed by atoms with Crippen molar-refractivity contribution in [1.29, 1.82) is 0 Å². The summed E-state index contributed by atoms with van der Waals surface area (Å²) in [6.45, 7) is 7.96. The van der Waals surface area contributed by atoms with Crippen molar-refractivity contribution in [3.63, 3.8) is 0 Å². The van der Waals surface area contributed by atoms with Gasteiger partial charge in [0.15, 0.2) is 0 Å². The van der Waals surface area contributed by atoms with Crippen LogP contribution in [0, 0.1) is 5.41 Å². The van der Waals surface area contributed by atoms with E-state index < -0.39 is 11.4 Å². The Hall–Kier alpha value is -1.26. The van der Waals surface area contributed by atoms with Crippen molar-refractivity contribution in [2.24, 2.45) is 5.41 Å². The number of carboxylic acid groups (broad SMARTS) is 1. The zero-order chi connectivity index (χ0) is 15.5. The highest BCUT2D eigenvalue weighted by atomic mass is 35.5. The quantitative estimate of drug-likeness (QED) is 0.908. The van der Waals surface area contributed by atoms with Gasteiger partial charge in [-0.2, -0.15) is 0 Å². The fraction of sp³-hybridized carbons (Fsp3) is 0.562. The number of carboxylic acids is 1. The molecule has 1 fully saturated rings. The van der Waals surface area contributed by atoms with E-state index in [9.17, 15) is 9.90 Å². The van der Waals surface area contributed by atoms with Gasteiger partial charge < -0.3 is 10.0 Å². The Labute approximate surface area is 131 Å². The molecule has 1 aliphatic rings. The summed E-state index contributed by atoms with van der Waals surface area (Å²) < 4.78 is 0. The molecule has 0 amide bonds. The van der Waals surface area contributed by atoms with Crippen LogP contribution in [0.5, 0.6) is 0 Å². The van der Waals surface area contributed by atoms with Crippen LogP contribution in [-0.4, -0.2) is 48.7 Å². The minimum Gasteiger partial charge on any atom is -0.481 e. The topological polar surface area (TPSA) is 43.8 Å². The van der Waals surface area contributed by atoms with E-state index in [0.717, 1.165) is 36.9 Å². The van der Waals surface area contributed by atoms with Gasteiger partial charge in [0.25, 0.3) is 0 Å². The normalized spacial score (nSPS) is 19.3. The number of piperazine rings is 1. The summed E-state index contributed by atoms with van der Waals surface area (Å²) in [5.74, 6) is -0.706. The number of hydrogen-bond acceptors (Lipinski definition) is 3. The van der Waals surface area contributed by atoms with E-state index in [1.807, 2.05) is 32.0 Å². The Bertz CT molecular complexity index is 501. The van der Waals surface area contributed by atoms with Crippen molar-refractivity contribution in [3.05, 3.63) is 29.3 Å². The summed E-state index contributed by atoms with van der Waals surface area (Å²) >= 11 is 6.03. The predicted molar refractivity (Wildman–Crippen MR) is 86.1 cm³/mol. The summed E-state index contributed by atoms with van der Waals surface area (Å²) in [6, 6.07) is 7.88. The zero-order valence-corrected chi connectivity index (χ0v) is 13.4. The molecular weight excluding hydrogens is 288 g/mol. The number of hydrogen-bond donors (Lipinski definition) is 1. The highest BCUT2D eigenvalue weighted by Crippen LogP contribution is 2.25. The lowest BCUT2D eigenvalue weighted by atomic mass is 9.87. The van der Waals surface area contributed by atoms with Gasteiger partial charge in [0.2, 0.25) is 0 Å². The largest absolute Gasteiger partial charge is 0.481 e. The number of rotatable bonds is 5. The molecular formula is C16H23ClN2O2. The summed E-state index contributed by atoms with van der Waals surface area (Å²) in [6.07, 6.45) is 0.650. The van der Waals surface area contributed by atoms with Crippen LogP contribution < -0.4 is 4.90 Å². The minimum absolute atomic E-state index is 0.613. The maximum Gasteiger partial charge on any atom is 0.310 e. The fourth-order valence-corrected chi connectivity index (χ4v) is 2.85. The number of nitrogens with zero attached hydrogens (tertiary/aromatic N) is 2. The molecule has 1 atom stereocenters. The maximum absolute atomic E-state index is 11.4. The van der Waals surface area contributed by atoms with Gasteiger partial charge in [-0.25, -0.2) is 0 Å². The predicted octanol–water partition coefficient (Wildman–Crippen LogP) is 2.96. The Morgan fingerprint density at radius 1 is 1.33 bits per heavy atom. The molecule has 1 aliphatic heterocycles. The van der Waals surface area contributed by atoms with Gasteiger partial charge in [-0.15, -0.1) is 0 Å². The Morgan fingerprint density at radius 3 is 2.52 bits per heavy atom. The van der Waals surface area contributed by atoms with Gasteiger partial charge in [-0.1, -0.05) is 24.6 Å². The van der Waals surface area contributed by atoms with Gasteiger partial charge in [0, 0.05) is 43.4 Å². The highest BCUT2D eigenvalue weighted by molar-refractivity contribution is 6.30. The van der Waals surface area contributed by atoms with Gasteiger partial charge in [-0.3, -0.25) is 9.69 Å². The van der Waals surface area contributed by atoms with Crippen LogP contribution in [0.4, 0.5) is 5.69 Å². The molecule has 1 aromatic carbocycles. The number of aliphatic carboxylic acids is 1. The molecule has 1 aromatic rings. The molecule has 0 aliphatic carbocycles. The average molecular weight is 311 g/mol. The molecule has 1 unspecified atom stereocenters. The van der Waals surface area contributed by atoms with Gasteiger partial charge in [0.1, 0.15) is 0 Å². The van der Waals surface area contributed by atoms with Crippen LogP contribution in [0.2, 0.25) is 5.02 Å². The second kappa shape index (κ2) is 6.67. The summed E-state index contributed by atoms with van der Waals surface area (Å²) in [7, 11) is 0. The van der Waals surface area contributed by atoms with Gasteiger partial charge in [-0.05, 0) is 31.5 Å². The molecule has 0 spiro atoms.